The Bertz CT molecular complexity index is 732. The van der Waals surface area contributed by atoms with Crippen LogP contribution >= 0.6 is 27.3 Å². The van der Waals surface area contributed by atoms with Crippen molar-refractivity contribution in [1.29, 1.82) is 0 Å². The summed E-state index contributed by atoms with van der Waals surface area (Å²) in [6.45, 7) is 2.04. The lowest BCUT2D eigenvalue weighted by atomic mass is 9.99. The lowest BCUT2D eigenvalue weighted by Gasteiger charge is -2.14. The van der Waals surface area contributed by atoms with E-state index in [1.165, 1.54) is 10.9 Å². The Morgan fingerprint density at radius 3 is 2.74 bits per heavy atom. The van der Waals surface area contributed by atoms with E-state index >= 15 is 0 Å². The van der Waals surface area contributed by atoms with E-state index < -0.39 is 6.10 Å². The minimum Gasteiger partial charge on any atom is -0.384 e. The highest BCUT2D eigenvalue weighted by Crippen LogP contribution is 2.35. The van der Waals surface area contributed by atoms with Crippen LogP contribution in [0.2, 0.25) is 0 Å². The van der Waals surface area contributed by atoms with Gasteiger partial charge in [-0.25, -0.2) is 0 Å². The zero-order valence-electron chi connectivity index (χ0n) is 10.4. The SMILES string of the molecule is Cc1ccc(C(O)c2cccc3ccsc23)c(Br)c1. The van der Waals surface area contributed by atoms with Crippen LogP contribution < -0.4 is 0 Å². The summed E-state index contributed by atoms with van der Waals surface area (Å²) in [6, 6.07) is 14.2. The van der Waals surface area contributed by atoms with Gasteiger partial charge >= 0.3 is 0 Å². The second-order valence-electron chi connectivity index (χ2n) is 4.61. The molecule has 3 rings (SSSR count). The van der Waals surface area contributed by atoms with E-state index in [1.807, 2.05) is 37.3 Å². The zero-order valence-corrected chi connectivity index (χ0v) is 12.8. The predicted molar refractivity (Wildman–Crippen MR) is 84.8 cm³/mol. The van der Waals surface area contributed by atoms with Crippen LogP contribution in [0.4, 0.5) is 0 Å². The van der Waals surface area contributed by atoms with Gasteiger partial charge in [-0.3, -0.25) is 0 Å². The van der Waals surface area contributed by atoms with E-state index in [4.69, 9.17) is 0 Å². The number of thiophene rings is 1. The van der Waals surface area contributed by atoms with E-state index in [0.29, 0.717) is 0 Å². The number of fused-ring (bicyclic) bond motifs is 1. The maximum Gasteiger partial charge on any atom is 0.107 e. The summed E-state index contributed by atoms with van der Waals surface area (Å²) in [6.07, 6.45) is -0.600. The Kier molecular flexibility index (Phi) is 3.44. The summed E-state index contributed by atoms with van der Waals surface area (Å²) in [4.78, 5) is 0. The van der Waals surface area contributed by atoms with Crippen LogP contribution in [-0.2, 0) is 0 Å². The molecule has 0 amide bonds. The van der Waals surface area contributed by atoms with Crippen LogP contribution in [-0.4, -0.2) is 5.11 Å². The van der Waals surface area contributed by atoms with E-state index in [-0.39, 0.29) is 0 Å². The van der Waals surface area contributed by atoms with Crippen molar-refractivity contribution in [2.75, 3.05) is 0 Å². The van der Waals surface area contributed by atoms with Crippen molar-refractivity contribution in [3.8, 4) is 0 Å². The third kappa shape index (κ3) is 2.34. The third-order valence-corrected chi connectivity index (χ3v) is 4.92. The number of hydrogen-bond donors (Lipinski definition) is 1. The fourth-order valence-electron chi connectivity index (χ4n) is 2.25. The van der Waals surface area contributed by atoms with Gasteiger partial charge in [-0.1, -0.05) is 46.3 Å². The third-order valence-electron chi connectivity index (χ3n) is 3.25. The monoisotopic (exact) mass is 332 g/mol. The molecule has 3 heteroatoms. The summed E-state index contributed by atoms with van der Waals surface area (Å²) in [5.74, 6) is 0. The highest BCUT2D eigenvalue weighted by Gasteiger charge is 2.16. The molecule has 1 N–H and O–H groups in total. The molecule has 1 heterocycles. The van der Waals surface area contributed by atoms with Gasteiger partial charge in [-0.15, -0.1) is 11.3 Å². The fraction of sp³-hybridized carbons (Fsp3) is 0.125. The molecule has 2 aromatic carbocycles. The standard InChI is InChI=1S/C16H13BrOS/c1-10-5-6-12(14(17)9-10)15(18)13-4-2-3-11-7-8-19-16(11)13/h2-9,15,18H,1H3. The summed E-state index contributed by atoms with van der Waals surface area (Å²) < 4.78 is 2.11. The van der Waals surface area contributed by atoms with Gasteiger partial charge in [0.1, 0.15) is 6.10 Å². The van der Waals surface area contributed by atoms with Crippen molar-refractivity contribution in [1.82, 2.24) is 0 Å². The Labute approximate surface area is 124 Å². The van der Waals surface area contributed by atoms with Crippen LogP contribution in [0.1, 0.15) is 22.8 Å². The Morgan fingerprint density at radius 2 is 1.95 bits per heavy atom. The van der Waals surface area contributed by atoms with E-state index in [9.17, 15) is 5.11 Å². The molecule has 0 aliphatic carbocycles. The molecule has 1 aromatic heterocycles. The number of hydrogen-bond acceptors (Lipinski definition) is 2. The van der Waals surface area contributed by atoms with Crippen molar-refractivity contribution in [3.05, 3.63) is 69.0 Å². The number of aryl methyl sites for hydroxylation is 1. The van der Waals surface area contributed by atoms with Crippen molar-refractivity contribution in [2.45, 2.75) is 13.0 Å². The second-order valence-corrected chi connectivity index (χ2v) is 6.38. The van der Waals surface area contributed by atoms with E-state index in [1.54, 1.807) is 11.3 Å². The Morgan fingerprint density at radius 1 is 1.11 bits per heavy atom. The van der Waals surface area contributed by atoms with Crippen LogP contribution in [0.25, 0.3) is 10.1 Å². The normalized spacial score (nSPS) is 12.8. The molecule has 1 nitrogen and oxygen atoms in total. The van der Waals surface area contributed by atoms with Crippen LogP contribution in [0, 0.1) is 6.92 Å². The minimum atomic E-state index is -0.600. The van der Waals surface area contributed by atoms with Crippen LogP contribution in [0.3, 0.4) is 0 Å². The predicted octanol–water partition coefficient (Wildman–Crippen LogP) is 5.05. The van der Waals surface area contributed by atoms with Gasteiger partial charge in [0.15, 0.2) is 0 Å². The molecule has 0 saturated heterocycles. The number of halogens is 1. The molecular formula is C16H13BrOS. The quantitative estimate of drug-likeness (QED) is 0.695. The van der Waals surface area contributed by atoms with Gasteiger partial charge in [-0.05, 0) is 40.9 Å². The first-order chi connectivity index (χ1) is 9.16. The molecule has 19 heavy (non-hydrogen) atoms. The molecule has 1 atom stereocenters. The summed E-state index contributed by atoms with van der Waals surface area (Å²) in [5.41, 5.74) is 3.06. The molecule has 0 aliphatic heterocycles. The Balaban J connectivity index is 2.13. The lowest BCUT2D eigenvalue weighted by Crippen LogP contribution is -2.01. The van der Waals surface area contributed by atoms with Crippen LogP contribution in [0.5, 0.6) is 0 Å². The highest BCUT2D eigenvalue weighted by atomic mass is 79.9. The summed E-state index contributed by atoms with van der Waals surface area (Å²) >= 11 is 5.21. The molecule has 0 aliphatic rings. The Hall–Kier alpha value is -1.16. The average Bonchev–Trinajstić information content (AvgIpc) is 2.86. The van der Waals surface area contributed by atoms with Crippen molar-refractivity contribution >= 4 is 37.4 Å². The molecule has 0 saturated carbocycles. The maximum absolute atomic E-state index is 10.7. The summed E-state index contributed by atoms with van der Waals surface area (Å²) in [5, 5.41) is 13.9. The van der Waals surface area contributed by atoms with Gasteiger partial charge in [-0.2, -0.15) is 0 Å². The molecule has 1 unspecified atom stereocenters. The first-order valence-electron chi connectivity index (χ1n) is 6.07. The first-order valence-corrected chi connectivity index (χ1v) is 7.74. The smallest absolute Gasteiger partial charge is 0.107 e. The van der Waals surface area contributed by atoms with Gasteiger partial charge in [0.2, 0.25) is 0 Å². The fourth-order valence-corrected chi connectivity index (χ4v) is 3.90. The highest BCUT2D eigenvalue weighted by molar-refractivity contribution is 9.10. The topological polar surface area (TPSA) is 20.2 Å². The van der Waals surface area contributed by atoms with Crippen molar-refractivity contribution in [3.63, 3.8) is 0 Å². The summed E-state index contributed by atoms with van der Waals surface area (Å²) in [7, 11) is 0. The average molecular weight is 333 g/mol. The molecular weight excluding hydrogens is 320 g/mol. The van der Waals surface area contributed by atoms with Crippen LogP contribution in [0.15, 0.2) is 52.3 Å². The van der Waals surface area contributed by atoms with Gasteiger partial charge in [0, 0.05) is 14.7 Å². The number of aliphatic hydroxyl groups excluding tert-OH is 1. The molecule has 0 spiro atoms. The molecule has 96 valence electrons. The molecule has 3 aromatic rings. The van der Waals surface area contributed by atoms with Gasteiger partial charge < -0.3 is 5.11 Å². The largest absolute Gasteiger partial charge is 0.384 e. The number of rotatable bonds is 2. The first kappa shape index (κ1) is 12.9. The van der Waals surface area contributed by atoms with Gasteiger partial charge in [0.25, 0.3) is 0 Å². The zero-order chi connectivity index (χ0) is 13.4. The minimum absolute atomic E-state index is 0.600. The maximum atomic E-state index is 10.7. The molecule has 0 radical (unpaired) electrons. The number of benzene rings is 2. The molecule has 0 fully saturated rings. The lowest BCUT2D eigenvalue weighted by molar-refractivity contribution is 0.221. The second kappa shape index (κ2) is 5.08. The number of aliphatic hydroxyl groups is 1. The van der Waals surface area contributed by atoms with E-state index in [0.717, 1.165) is 20.3 Å². The molecule has 0 bridgehead atoms. The van der Waals surface area contributed by atoms with Crippen molar-refractivity contribution in [2.24, 2.45) is 0 Å². The van der Waals surface area contributed by atoms with E-state index in [2.05, 4.69) is 33.4 Å². The van der Waals surface area contributed by atoms with Gasteiger partial charge in [0.05, 0.1) is 0 Å². The van der Waals surface area contributed by atoms with Crippen molar-refractivity contribution < 1.29 is 5.11 Å².